The quantitative estimate of drug-likeness (QED) is 0.308. The largest absolute Gasteiger partial charge is 0.450 e. The summed E-state index contributed by atoms with van der Waals surface area (Å²) >= 11 is 10.7. The van der Waals surface area contributed by atoms with Crippen molar-refractivity contribution in [2.45, 2.75) is 19.9 Å². The summed E-state index contributed by atoms with van der Waals surface area (Å²) < 4.78 is 6.71. The molecule has 6 nitrogen and oxygen atoms in total. The molecule has 4 aromatic rings. The van der Waals surface area contributed by atoms with E-state index in [-0.39, 0.29) is 28.1 Å². The molecule has 1 amide bonds. The molecule has 1 unspecified atom stereocenters. The van der Waals surface area contributed by atoms with Gasteiger partial charge in [0.1, 0.15) is 5.58 Å². The van der Waals surface area contributed by atoms with Crippen molar-refractivity contribution in [1.29, 1.82) is 0 Å². The van der Waals surface area contributed by atoms with Gasteiger partial charge in [-0.25, -0.2) is 4.98 Å². The molecular formula is C23H14BrClN2O4S. The van der Waals surface area contributed by atoms with Crippen molar-refractivity contribution in [2.24, 2.45) is 0 Å². The standard InChI is InChI=1S/C23H14BrClN2O4S/c1-10-21(11(2)28)32-23(26-10)27-18(12-4-3-5-13(24)8-12)17-19(29)15-9-14(25)6-7-16(15)31-20(17)22(27)30/h3-9,18H,1-2H3. The molecule has 3 heterocycles. The molecule has 160 valence electrons. The van der Waals surface area contributed by atoms with Gasteiger partial charge in [-0.15, -0.1) is 0 Å². The summed E-state index contributed by atoms with van der Waals surface area (Å²) in [6, 6.07) is 11.3. The first kappa shape index (κ1) is 21.1. The lowest BCUT2D eigenvalue weighted by Crippen LogP contribution is -2.29. The zero-order valence-electron chi connectivity index (χ0n) is 16.8. The molecule has 9 heteroatoms. The van der Waals surface area contributed by atoms with Crippen LogP contribution in [-0.2, 0) is 0 Å². The Morgan fingerprint density at radius 2 is 2.00 bits per heavy atom. The number of aromatic nitrogens is 1. The number of carbonyl (C=O) groups excluding carboxylic acids is 2. The second-order valence-corrected chi connectivity index (χ2v) is 9.74. The van der Waals surface area contributed by atoms with Gasteiger partial charge in [0.15, 0.2) is 16.3 Å². The van der Waals surface area contributed by atoms with Crippen LogP contribution in [0.2, 0.25) is 5.02 Å². The number of benzene rings is 2. The molecule has 0 N–H and O–H groups in total. The highest BCUT2D eigenvalue weighted by Gasteiger charge is 2.45. The molecule has 0 saturated heterocycles. The number of ketones is 1. The first-order chi connectivity index (χ1) is 15.3. The molecular weight excluding hydrogens is 516 g/mol. The van der Waals surface area contributed by atoms with E-state index in [0.717, 1.165) is 15.8 Å². The number of thiazole rings is 1. The monoisotopic (exact) mass is 528 g/mol. The fourth-order valence-corrected chi connectivity index (χ4v) is 5.52. The first-order valence-corrected chi connectivity index (χ1v) is 11.6. The number of hydrogen-bond acceptors (Lipinski definition) is 6. The number of anilines is 1. The Morgan fingerprint density at radius 1 is 1.22 bits per heavy atom. The van der Waals surface area contributed by atoms with Gasteiger partial charge in [-0.3, -0.25) is 19.3 Å². The molecule has 0 spiro atoms. The van der Waals surface area contributed by atoms with Crippen LogP contribution in [0.5, 0.6) is 0 Å². The maximum Gasteiger partial charge on any atom is 0.297 e. The van der Waals surface area contributed by atoms with Gasteiger partial charge in [0.05, 0.1) is 27.6 Å². The van der Waals surface area contributed by atoms with Crippen LogP contribution in [0.25, 0.3) is 11.0 Å². The number of carbonyl (C=O) groups is 2. The number of rotatable bonds is 3. The van der Waals surface area contributed by atoms with E-state index in [1.54, 1.807) is 19.1 Å². The highest BCUT2D eigenvalue weighted by Crippen LogP contribution is 2.43. The van der Waals surface area contributed by atoms with Crippen LogP contribution in [0, 0.1) is 6.92 Å². The highest BCUT2D eigenvalue weighted by molar-refractivity contribution is 9.10. The van der Waals surface area contributed by atoms with Crippen molar-refractivity contribution in [2.75, 3.05) is 4.90 Å². The third kappa shape index (κ3) is 3.21. The zero-order chi connectivity index (χ0) is 22.7. The molecule has 5 rings (SSSR count). The van der Waals surface area contributed by atoms with Crippen LogP contribution in [0.15, 0.2) is 56.1 Å². The van der Waals surface area contributed by atoms with Crippen molar-refractivity contribution in [3.05, 3.63) is 89.6 Å². The summed E-state index contributed by atoms with van der Waals surface area (Å²) in [7, 11) is 0. The van der Waals surface area contributed by atoms with Crippen LogP contribution >= 0.6 is 38.9 Å². The summed E-state index contributed by atoms with van der Waals surface area (Å²) in [4.78, 5) is 45.5. The fraction of sp³-hybridized carbons (Fsp3) is 0.130. The van der Waals surface area contributed by atoms with E-state index in [0.29, 0.717) is 31.7 Å². The van der Waals surface area contributed by atoms with E-state index in [9.17, 15) is 14.4 Å². The minimum atomic E-state index is -0.764. The average Bonchev–Trinajstić information content (AvgIpc) is 3.26. The van der Waals surface area contributed by atoms with Crippen LogP contribution in [0.4, 0.5) is 5.13 Å². The molecule has 1 atom stereocenters. The number of nitrogens with zero attached hydrogens (tertiary/aromatic N) is 2. The summed E-state index contributed by atoms with van der Waals surface area (Å²) in [5.74, 6) is -0.654. The van der Waals surface area contributed by atoms with Gasteiger partial charge in [0.25, 0.3) is 5.91 Å². The molecule has 0 fully saturated rings. The zero-order valence-corrected chi connectivity index (χ0v) is 20.0. The lowest BCUT2D eigenvalue weighted by Gasteiger charge is -2.22. The number of halogens is 2. The molecule has 1 aliphatic rings. The Morgan fingerprint density at radius 3 is 2.69 bits per heavy atom. The van der Waals surface area contributed by atoms with Crippen LogP contribution in [-0.4, -0.2) is 16.7 Å². The summed E-state index contributed by atoms with van der Waals surface area (Å²) in [6.45, 7) is 3.18. The second-order valence-electron chi connectivity index (χ2n) is 7.41. The topological polar surface area (TPSA) is 80.5 Å². The number of hydrogen-bond donors (Lipinski definition) is 0. The van der Waals surface area contributed by atoms with Crippen LogP contribution in [0.1, 0.15) is 50.0 Å². The maximum absolute atomic E-state index is 13.6. The van der Waals surface area contributed by atoms with Crippen LogP contribution in [0.3, 0.4) is 0 Å². The van der Waals surface area contributed by atoms with E-state index < -0.39 is 11.9 Å². The van der Waals surface area contributed by atoms with Gasteiger partial charge >= 0.3 is 0 Å². The first-order valence-electron chi connectivity index (χ1n) is 9.60. The lowest BCUT2D eigenvalue weighted by atomic mass is 9.99. The number of Topliss-reactive ketones (excluding diaryl/α,β-unsaturated/α-hetero) is 1. The third-order valence-electron chi connectivity index (χ3n) is 5.31. The van der Waals surface area contributed by atoms with Gasteiger partial charge in [0, 0.05) is 16.4 Å². The highest BCUT2D eigenvalue weighted by atomic mass is 79.9. The van der Waals surface area contributed by atoms with Crippen molar-refractivity contribution in [1.82, 2.24) is 4.98 Å². The summed E-state index contributed by atoms with van der Waals surface area (Å²) in [5, 5.41) is 1.02. The van der Waals surface area contributed by atoms with E-state index in [1.807, 2.05) is 24.3 Å². The van der Waals surface area contributed by atoms with Crippen molar-refractivity contribution >= 4 is 66.7 Å². The average molecular weight is 530 g/mol. The van der Waals surface area contributed by atoms with E-state index in [4.69, 9.17) is 16.0 Å². The van der Waals surface area contributed by atoms with Crippen molar-refractivity contribution < 1.29 is 14.0 Å². The Hall–Kier alpha value is -2.81. The number of fused-ring (bicyclic) bond motifs is 2. The van der Waals surface area contributed by atoms with Crippen molar-refractivity contribution in [3.63, 3.8) is 0 Å². The smallest absolute Gasteiger partial charge is 0.297 e. The van der Waals surface area contributed by atoms with E-state index in [1.165, 1.54) is 17.9 Å². The molecule has 32 heavy (non-hydrogen) atoms. The van der Waals surface area contributed by atoms with Crippen molar-refractivity contribution in [3.8, 4) is 0 Å². The molecule has 0 bridgehead atoms. The van der Waals surface area contributed by atoms with Gasteiger partial charge in [-0.2, -0.15) is 0 Å². The van der Waals surface area contributed by atoms with Crippen LogP contribution < -0.4 is 10.3 Å². The molecule has 0 radical (unpaired) electrons. The van der Waals surface area contributed by atoms with Gasteiger partial charge in [-0.05, 0) is 42.8 Å². The molecule has 2 aromatic heterocycles. The van der Waals surface area contributed by atoms with Gasteiger partial charge in [0.2, 0.25) is 5.76 Å². The minimum absolute atomic E-state index is 0.0352. The Labute approximate surface area is 199 Å². The Bertz CT molecular complexity index is 1510. The predicted molar refractivity (Wildman–Crippen MR) is 127 cm³/mol. The Balaban J connectivity index is 1.82. The number of aryl methyl sites for hydroxylation is 1. The van der Waals surface area contributed by atoms with Gasteiger partial charge < -0.3 is 4.42 Å². The van der Waals surface area contributed by atoms with E-state index >= 15 is 0 Å². The second kappa shape index (κ2) is 7.65. The fourth-order valence-electron chi connectivity index (χ4n) is 3.95. The molecule has 1 aliphatic heterocycles. The number of amides is 1. The third-order valence-corrected chi connectivity index (χ3v) is 7.29. The minimum Gasteiger partial charge on any atom is -0.450 e. The summed E-state index contributed by atoms with van der Waals surface area (Å²) in [6.07, 6.45) is 0. The predicted octanol–water partition coefficient (Wildman–Crippen LogP) is 5.93. The maximum atomic E-state index is 13.6. The lowest BCUT2D eigenvalue weighted by molar-refractivity contribution is 0.0969. The molecule has 0 saturated carbocycles. The molecule has 2 aromatic carbocycles. The summed E-state index contributed by atoms with van der Waals surface area (Å²) in [5.41, 5.74) is 1.41. The van der Waals surface area contributed by atoms with Gasteiger partial charge in [-0.1, -0.05) is 51.0 Å². The SMILES string of the molecule is CC(=O)c1sc(N2C(=O)c3oc4ccc(Cl)cc4c(=O)c3C2c2cccc(Br)c2)nc1C. The van der Waals surface area contributed by atoms with E-state index in [2.05, 4.69) is 20.9 Å². The normalized spacial score (nSPS) is 15.4. The molecule has 0 aliphatic carbocycles. The Kier molecular flexibility index (Phi) is 5.03.